The van der Waals surface area contributed by atoms with Gasteiger partial charge in [-0.15, -0.1) is 0 Å². The number of hydrogen-bond donors (Lipinski definition) is 3. The van der Waals surface area contributed by atoms with Gasteiger partial charge >= 0.3 is 5.97 Å². The summed E-state index contributed by atoms with van der Waals surface area (Å²) in [5, 5.41) is 23.4. The Morgan fingerprint density at radius 1 is 1.23 bits per heavy atom. The van der Waals surface area contributed by atoms with E-state index in [0.29, 0.717) is 18.8 Å². The number of carbonyl (C=O) groups excluding carboxylic acids is 2. The molecule has 3 N–H and O–H groups in total. The maximum absolute atomic E-state index is 13.4. The summed E-state index contributed by atoms with van der Waals surface area (Å²) in [5.74, 6) is -1.02. The summed E-state index contributed by atoms with van der Waals surface area (Å²) >= 11 is 0. The minimum Gasteiger partial charge on any atom is -0.444 e. The summed E-state index contributed by atoms with van der Waals surface area (Å²) in [7, 11) is 0. The predicted molar refractivity (Wildman–Crippen MR) is 114 cm³/mol. The van der Waals surface area contributed by atoms with Crippen LogP contribution in [-0.4, -0.2) is 45.9 Å². The third kappa shape index (κ3) is 4.12. The Hall–Kier alpha value is -1.92. The van der Waals surface area contributed by atoms with Crippen LogP contribution in [0.3, 0.4) is 0 Å². The van der Waals surface area contributed by atoms with Crippen LogP contribution in [0.5, 0.6) is 0 Å². The first-order valence-corrected chi connectivity index (χ1v) is 11.0. The molecule has 0 bridgehead atoms. The number of esters is 1. The first-order valence-electron chi connectivity index (χ1n) is 11.0. The summed E-state index contributed by atoms with van der Waals surface area (Å²) in [5.41, 5.74) is 0.858. The van der Waals surface area contributed by atoms with Crippen molar-refractivity contribution in [2.75, 3.05) is 0 Å². The number of ether oxygens (including phenoxy) is 1. The van der Waals surface area contributed by atoms with Crippen molar-refractivity contribution in [2.45, 2.75) is 77.7 Å². The smallest absolute Gasteiger partial charge is 0.331 e. The molecule has 6 heteroatoms. The van der Waals surface area contributed by atoms with Crippen LogP contribution in [0.15, 0.2) is 35.5 Å². The van der Waals surface area contributed by atoms with Crippen LogP contribution >= 0.6 is 0 Å². The summed E-state index contributed by atoms with van der Waals surface area (Å²) in [6, 6.07) is -0.0792. The van der Waals surface area contributed by atoms with E-state index in [4.69, 9.17) is 4.74 Å². The Balaban J connectivity index is 2.13. The predicted octanol–water partition coefficient (Wildman–Crippen LogP) is 2.66. The van der Waals surface area contributed by atoms with Gasteiger partial charge in [0.15, 0.2) is 0 Å². The van der Waals surface area contributed by atoms with E-state index in [9.17, 15) is 19.8 Å². The molecule has 0 aromatic heterocycles. The maximum Gasteiger partial charge on any atom is 0.331 e. The molecule has 1 amide bonds. The Bertz CT molecular complexity index is 782. The molecular weight excluding hydrogens is 382 g/mol. The van der Waals surface area contributed by atoms with E-state index in [-0.39, 0.29) is 29.7 Å². The van der Waals surface area contributed by atoms with Crippen molar-refractivity contribution in [3.63, 3.8) is 0 Å². The van der Waals surface area contributed by atoms with Gasteiger partial charge in [0.05, 0.1) is 12.2 Å². The minimum absolute atomic E-state index is 0.0785. The number of nitrogens with one attached hydrogen (secondary N) is 1. The van der Waals surface area contributed by atoms with Crippen molar-refractivity contribution in [2.24, 2.45) is 23.7 Å². The molecule has 6 nitrogen and oxygen atoms in total. The van der Waals surface area contributed by atoms with Crippen molar-refractivity contribution in [1.82, 2.24) is 5.32 Å². The van der Waals surface area contributed by atoms with Crippen LogP contribution in [-0.2, 0) is 14.3 Å². The number of hydrogen-bond acceptors (Lipinski definition) is 5. The number of rotatable bonds is 2. The highest BCUT2D eigenvalue weighted by Crippen LogP contribution is 2.50. The van der Waals surface area contributed by atoms with Gasteiger partial charge in [-0.05, 0) is 51.0 Å². The Labute approximate surface area is 179 Å². The average molecular weight is 418 g/mol. The molecular formula is C24H35NO5. The lowest BCUT2D eigenvalue weighted by Crippen LogP contribution is -2.56. The average Bonchev–Trinajstić information content (AvgIpc) is 2.93. The highest BCUT2D eigenvalue weighted by molar-refractivity contribution is 5.94. The third-order valence-corrected chi connectivity index (χ3v) is 6.91. The van der Waals surface area contributed by atoms with Gasteiger partial charge in [-0.25, -0.2) is 4.79 Å². The summed E-state index contributed by atoms with van der Waals surface area (Å²) in [6.07, 6.45) is 6.06. The van der Waals surface area contributed by atoms with Crippen LogP contribution < -0.4 is 5.32 Å². The number of aliphatic hydroxyl groups is 2. The molecule has 3 rings (SSSR count). The Morgan fingerprint density at radius 3 is 2.60 bits per heavy atom. The summed E-state index contributed by atoms with van der Waals surface area (Å²) in [6.45, 7) is 10.4. The van der Waals surface area contributed by atoms with Crippen LogP contribution in [0.2, 0.25) is 0 Å². The van der Waals surface area contributed by atoms with Gasteiger partial charge in [-0.1, -0.05) is 44.1 Å². The standard InChI is InChI=1S/C24H35NO5/c1-13(2)10-18-22-16(5)15(4)12-17-11-14(3)6-7-19(26)20(27)8-9-21(28)30-24(17,22)23(29)25-18/h8-9,11-13,16-20,22,26-27H,6-7,10H2,1-5H3,(H,25,29)/b9-8-,14-11-/t16-,17+,18-,19-,20-,22+,24-/m0/s1. The molecule has 0 radical (unpaired) electrons. The van der Waals surface area contributed by atoms with Crippen molar-refractivity contribution in [3.8, 4) is 0 Å². The van der Waals surface area contributed by atoms with Crippen LogP contribution in [0, 0.1) is 23.7 Å². The van der Waals surface area contributed by atoms with Gasteiger partial charge < -0.3 is 20.3 Å². The molecule has 1 aliphatic carbocycles. The largest absolute Gasteiger partial charge is 0.444 e. The van der Waals surface area contributed by atoms with E-state index >= 15 is 0 Å². The van der Waals surface area contributed by atoms with Crippen molar-refractivity contribution in [3.05, 3.63) is 35.5 Å². The van der Waals surface area contributed by atoms with Crippen molar-refractivity contribution < 1.29 is 24.5 Å². The topological polar surface area (TPSA) is 95.9 Å². The fraction of sp³-hybridized carbons (Fsp3) is 0.667. The maximum atomic E-state index is 13.4. The van der Waals surface area contributed by atoms with E-state index in [0.717, 1.165) is 18.1 Å². The number of amides is 1. The third-order valence-electron chi connectivity index (χ3n) is 6.91. The van der Waals surface area contributed by atoms with Crippen LogP contribution in [0.25, 0.3) is 0 Å². The molecule has 2 aliphatic heterocycles. The second-order valence-corrected chi connectivity index (χ2v) is 9.64. The highest BCUT2D eigenvalue weighted by Gasteiger charge is 2.64. The second-order valence-electron chi connectivity index (χ2n) is 9.64. The molecule has 0 aromatic carbocycles. The Morgan fingerprint density at radius 2 is 1.93 bits per heavy atom. The minimum atomic E-state index is -1.32. The SMILES string of the molecule is CC1=C[C@H]2/C=C(/C)CC[C@H](O)[C@@H](O)/C=C\C(=O)O[C@@]23C(=O)N[C@@H](CC(C)C)[C@H]3[C@H]1C. The molecule has 166 valence electrons. The lowest BCUT2D eigenvalue weighted by Gasteiger charge is -2.45. The van der Waals surface area contributed by atoms with E-state index in [1.165, 1.54) is 11.6 Å². The van der Waals surface area contributed by atoms with Gasteiger partial charge in [0.2, 0.25) is 5.60 Å². The lowest BCUT2D eigenvalue weighted by molar-refractivity contribution is -0.172. The normalized spacial score (nSPS) is 42.5. The van der Waals surface area contributed by atoms with Crippen LogP contribution in [0.1, 0.15) is 53.9 Å². The number of allylic oxidation sites excluding steroid dienone is 2. The molecule has 7 atom stereocenters. The summed E-state index contributed by atoms with van der Waals surface area (Å²) < 4.78 is 5.99. The Kier molecular flexibility index (Phi) is 6.58. The van der Waals surface area contributed by atoms with E-state index in [1.54, 1.807) is 0 Å². The second kappa shape index (κ2) is 8.67. The highest BCUT2D eigenvalue weighted by atomic mass is 16.6. The molecule has 0 saturated carbocycles. The molecule has 1 fully saturated rings. The number of aliphatic hydroxyl groups excluding tert-OH is 2. The van der Waals surface area contributed by atoms with Crippen molar-refractivity contribution in [1.29, 1.82) is 0 Å². The molecule has 0 aromatic rings. The van der Waals surface area contributed by atoms with E-state index in [1.807, 2.05) is 13.0 Å². The molecule has 2 heterocycles. The first kappa shape index (κ1) is 22.8. The van der Waals surface area contributed by atoms with E-state index < -0.39 is 23.8 Å². The molecule has 1 saturated heterocycles. The van der Waals surface area contributed by atoms with Crippen LogP contribution in [0.4, 0.5) is 0 Å². The van der Waals surface area contributed by atoms with Crippen molar-refractivity contribution >= 4 is 11.9 Å². The van der Waals surface area contributed by atoms with Gasteiger partial charge in [0, 0.05) is 24.0 Å². The first-order chi connectivity index (χ1) is 14.1. The fourth-order valence-electron chi connectivity index (χ4n) is 5.27. The monoisotopic (exact) mass is 417 g/mol. The lowest BCUT2D eigenvalue weighted by atomic mass is 9.63. The number of carbonyl (C=O) groups is 2. The van der Waals surface area contributed by atoms with E-state index in [2.05, 4.69) is 39.1 Å². The van der Waals surface area contributed by atoms with Gasteiger partial charge in [0.1, 0.15) is 0 Å². The fourth-order valence-corrected chi connectivity index (χ4v) is 5.27. The molecule has 0 unspecified atom stereocenters. The summed E-state index contributed by atoms with van der Waals surface area (Å²) in [4.78, 5) is 26.2. The zero-order chi connectivity index (χ0) is 22.2. The molecule has 30 heavy (non-hydrogen) atoms. The zero-order valence-corrected chi connectivity index (χ0v) is 18.6. The molecule has 1 spiro atoms. The molecule has 3 aliphatic rings. The quantitative estimate of drug-likeness (QED) is 0.474. The van der Waals surface area contributed by atoms with Gasteiger partial charge in [-0.3, -0.25) is 4.79 Å². The van der Waals surface area contributed by atoms with Gasteiger partial charge in [-0.2, -0.15) is 0 Å². The zero-order valence-electron chi connectivity index (χ0n) is 18.6. The van der Waals surface area contributed by atoms with Gasteiger partial charge in [0.25, 0.3) is 5.91 Å².